The molecule has 0 saturated carbocycles. The van der Waals surface area contributed by atoms with E-state index < -0.39 is 10.0 Å². The molecule has 21 heavy (non-hydrogen) atoms. The summed E-state index contributed by atoms with van der Waals surface area (Å²) in [5, 5.41) is 0.159. The Labute approximate surface area is 131 Å². The van der Waals surface area contributed by atoms with Crippen LogP contribution < -0.4 is 5.73 Å². The maximum absolute atomic E-state index is 12.7. The second kappa shape index (κ2) is 6.96. The number of hydrogen-bond donors (Lipinski definition) is 1. The summed E-state index contributed by atoms with van der Waals surface area (Å²) in [6, 6.07) is 4.47. The lowest BCUT2D eigenvalue weighted by atomic mass is 10.1. The number of nitrogen functional groups attached to an aromatic ring is 1. The second-order valence-corrected chi connectivity index (χ2v) is 7.50. The van der Waals surface area contributed by atoms with Crippen molar-refractivity contribution >= 4 is 27.3 Å². The molecule has 0 spiro atoms. The number of halogens is 1. The van der Waals surface area contributed by atoms with Gasteiger partial charge in [-0.1, -0.05) is 18.5 Å². The summed E-state index contributed by atoms with van der Waals surface area (Å²) < 4.78 is 32.5. The van der Waals surface area contributed by atoms with Gasteiger partial charge >= 0.3 is 0 Å². The van der Waals surface area contributed by atoms with Gasteiger partial charge in [0.15, 0.2) is 0 Å². The summed E-state index contributed by atoms with van der Waals surface area (Å²) in [6.45, 7) is 3.56. The van der Waals surface area contributed by atoms with Crippen molar-refractivity contribution in [3.05, 3.63) is 23.2 Å². The number of benzene rings is 1. The van der Waals surface area contributed by atoms with Crippen molar-refractivity contribution in [1.29, 1.82) is 0 Å². The highest BCUT2D eigenvalue weighted by Crippen LogP contribution is 2.28. The maximum atomic E-state index is 12.7. The molecule has 1 fully saturated rings. The summed E-state index contributed by atoms with van der Waals surface area (Å²) >= 11 is 6.04. The molecule has 1 aliphatic heterocycles. The Morgan fingerprint density at radius 1 is 1.48 bits per heavy atom. The average Bonchev–Trinajstić information content (AvgIpc) is 2.45. The molecule has 118 valence electrons. The Morgan fingerprint density at radius 2 is 2.24 bits per heavy atom. The first kappa shape index (κ1) is 16.5. The van der Waals surface area contributed by atoms with Crippen molar-refractivity contribution in [3.63, 3.8) is 0 Å². The minimum absolute atomic E-state index is 0.0407. The molecule has 7 heteroatoms. The summed E-state index contributed by atoms with van der Waals surface area (Å²) in [5.74, 6) is 0. The zero-order valence-corrected chi connectivity index (χ0v) is 13.7. The van der Waals surface area contributed by atoms with E-state index in [1.165, 1.54) is 16.4 Å². The van der Waals surface area contributed by atoms with Crippen LogP contribution in [0.25, 0.3) is 0 Å². The van der Waals surface area contributed by atoms with Crippen LogP contribution in [-0.2, 0) is 14.8 Å². The van der Waals surface area contributed by atoms with E-state index in [1.54, 1.807) is 6.07 Å². The molecule has 1 atom stereocenters. The molecular formula is C14H21ClN2O3S. The lowest BCUT2D eigenvalue weighted by molar-refractivity contribution is 0.0193. The van der Waals surface area contributed by atoms with Crippen LogP contribution in [0.3, 0.4) is 0 Å². The Morgan fingerprint density at radius 3 is 2.90 bits per heavy atom. The smallest absolute Gasteiger partial charge is 0.244 e. The molecule has 1 unspecified atom stereocenters. The predicted molar refractivity (Wildman–Crippen MR) is 83.9 cm³/mol. The maximum Gasteiger partial charge on any atom is 0.244 e. The molecule has 0 aromatic heterocycles. The fraction of sp³-hybridized carbons (Fsp3) is 0.571. The highest BCUT2D eigenvalue weighted by Gasteiger charge is 2.31. The third kappa shape index (κ3) is 3.88. The number of nitrogens with two attached hydrogens (primary N) is 1. The molecular weight excluding hydrogens is 312 g/mol. The van der Waals surface area contributed by atoms with E-state index in [1.807, 2.05) is 6.92 Å². The number of piperidine rings is 1. The summed E-state index contributed by atoms with van der Waals surface area (Å²) in [7, 11) is -3.60. The van der Waals surface area contributed by atoms with E-state index >= 15 is 0 Å². The van der Waals surface area contributed by atoms with Crippen LogP contribution in [0.5, 0.6) is 0 Å². The summed E-state index contributed by atoms with van der Waals surface area (Å²) in [5.41, 5.74) is 6.06. The third-order valence-corrected chi connectivity index (χ3v) is 5.82. The lowest BCUT2D eigenvalue weighted by Crippen LogP contribution is -2.43. The number of hydrogen-bond acceptors (Lipinski definition) is 4. The van der Waals surface area contributed by atoms with E-state index in [2.05, 4.69) is 0 Å². The molecule has 0 radical (unpaired) electrons. The van der Waals surface area contributed by atoms with Crippen LogP contribution in [0.15, 0.2) is 23.1 Å². The van der Waals surface area contributed by atoms with Gasteiger partial charge in [-0.3, -0.25) is 0 Å². The second-order valence-electron chi connectivity index (χ2n) is 5.19. The largest absolute Gasteiger partial charge is 0.399 e. The van der Waals surface area contributed by atoms with Gasteiger partial charge in [-0.05, 0) is 37.5 Å². The number of nitrogens with zero attached hydrogens (tertiary/aromatic N) is 1. The highest BCUT2D eigenvalue weighted by atomic mass is 35.5. The van der Waals surface area contributed by atoms with Gasteiger partial charge in [-0.2, -0.15) is 4.31 Å². The van der Waals surface area contributed by atoms with E-state index in [0.29, 0.717) is 25.4 Å². The minimum Gasteiger partial charge on any atom is -0.399 e. The van der Waals surface area contributed by atoms with Gasteiger partial charge in [0.1, 0.15) is 4.90 Å². The van der Waals surface area contributed by atoms with Crippen molar-refractivity contribution in [2.24, 2.45) is 0 Å². The van der Waals surface area contributed by atoms with E-state index in [-0.39, 0.29) is 16.0 Å². The van der Waals surface area contributed by atoms with Gasteiger partial charge < -0.3 is 10.5 Å². The Hall–Kier alpha value is -0.820. The van der Waals surface area contributed by atoms with Crippen LogP contribution in [0.1, 0.15) is 26.2 Å². The SMILES string of the molecule is CCCOC1CCCN(S(=O)(=O)c2ccc(N)cc2Cl)C1. The molecule has 1 aromatic carbocycles. The summed E-state index contributed by atoms with van der Waals surface area (Å²) in [4.78, 5) is 0.106. The Kier molecular flexibility index (Phi) is 5.48. The molecule has 0 amide bonds. The Bertz CT molecular complexity index is 592. The zero-order chi connectivity index (χ0) is 15.5. The van der Waals surface area contributed by atoms with Crippen molar-refractivity contribution < 1.29 is 13.2 Å². The quantitative estimate of drug-likeness (QED) is 0.841. The standard InChI is InChI=1S/C14H21ClN2O3S/c1-2-8-20-12-4-3-7-17(10-12)21(18,19)14-6-5-11(16)9-13(14)15/h5-6,9,12H,2-4,7-8,10,16H2,1H3. The van der Waals surface area contributed by atoms with Crippen molar-refractivity contribution in [2.45, 2.75) is 37.2 Å². The van der Waals surface area contributed by atoms with Gasteiger partial charge in [0.2, 0.25) is 10.0 Å². The van der Waals surface area contributed by atoms with Gasteiger partial charge in [-0.25, -0.2) is 8.42 Å². The van der Waals surface area contributed by atoms with Crippen LogP contribution in [-0.4, -0.2) is 38.5 Å². The monoisotopic (exact) mass is 332 g/mol. The van der Waals surface area contributed by atoms with Crippen molar-refractivity contribution in [3.8, 4) is 0 Å². The van der Waals surface area contributed by atoms with Crippen LogP contribution in [0.4, 0.5) is 5.69 Å². The molecule has 2 rings (SSSR count). The summed E-state index contributed by atoms with van der Waals surface area (Å²) in [6.07, 6.45) is 2.57. The van der Waals surface area contributed by atoms with E-state index in [0.717, 1.165) is 19.3 Å². The number of rotatable bonds is 5. The van der Waals surface area contributed by atoms with Crippen molar-refractivity contribution in [1.82, 2.24) is 4.31 Å². The molecule has 1 aliphatic rings. The van der Waals surface area contributed by atoms with Crippen LogP contribution in [0, 0.1) is 0 Å². The van der Waals surface area contributed by atoms with Gasteiger partial charge in [0, 0.05) is 25.4 Å². The first-order chi connectivity index (χ1) is 9.95. The highest BCUT2D eigenvalue weighted by molar-refractivity contribution is 7.89. The predicted octanol–water partition coefficient (Wildman–Crippen LogP) is 2.50. The average molecular weight is 333 g/mol. The van der Waals surface area contributed by atoms with E-state index in [4.69, 9.17) is 22.1 Å². The van der Waals surface area contributed by atoms with Crippen LogP contribution in [0.2, 0.25) is 5.02 Å². The van der Waals surface area contributed by atoms with Gasteiger partial charge in [0.05, 0.1) is 11.1 Å². The fourth-order valence-corrected chi connectivity index (χ4v) is 4.45. The number of anilines is 1. The van der Waals surface area contributed by atoms with Crippen molar-refractivity contribution in [2.75, 3.05) is 25.4 Å². The number of sulfonamides is 1. The van der Waals surface area contributed by atoms with Gasteiger partial charge in [0.25, 0.3) is 0 Å². The number of ether oxygens (including phenoxy) is 1. The zero-order valence-electron chi connectivity index (χ0n) is 12.1. The molecule has 0 aliphatic carbocycles. The molecule has 1 saturated heterocycles. The molecule has 1 heterocycles. The molecule has 2 N–H and O–H groups in total. The topological polar surface area (TPSA) is 72.6 Å². The minimum atomic E-state index is -3.60. The molecule has 0 bridgehead atoms. The first-order valence-corrected chi connectivity index (χ1v) is 8.93. The molecule has 1 aromatic rings. The van der Waals surface area contributed by atoms with Gasteiger partial charge in [-0.15, -0.1) is 0 Å². The first-order valence-electron chi connectivity index (χ1n) is 7.12. The fourth-order valence-electron chi connectivity index (χ4n) is 2.41. The lowest BCUT2D eigenvalue weighted by Gasteiger charge is -2.32. The van der Waals surface area contributed by atoms with E-state index in [9.17, 15) is 8.42 Å². The normalized spacial score (nSPS) is 20.6. The van der Waals surface area contributed by atoms with Crippen LogP contribution >= 0.6 is 11.6 Å². The third-order valence-electron chi connectivity index (χ3n) is 3.47. The Balaban J connectivity index is 2.18. The molecule has 5 nitrogen and oxygen atoms in total.